The maximum absolute atomic E-state index is 11.6. The molecule has 0 aliphatic carbocycles. The van der Waals surface area contributed by atoms with Gasteiger partial charge in [0.25, 0.3) is 0 Å². The second-order valence-corrected chi connectivity index (χ2v) is 12.1. The fraction of sp³-hybridized carbons (Fsp3) is 0.273. The van der Waals surface area contributed by atoms with Crippen molar-refractivity contribution in [2.24, 2.45) is 20.0 Å². The Morgan fingerprint density at radius 1 is 0.397 bits per heavy atom. The van der Waals surface area contributed by atoms with Crippen LogP contribution in [0.4, 0.5) is 0 Å². The summed E-state index contributed by atoms with van der Waals surface area (Å²) in [4.78, 5) is 55.7. The van der Waals surface area contributed by atoms with Crippen molar-refractivity contribution in [3.63, 3.8) is 0 Å². The van der Waals surface area contributed by atoms with Crippen LogP contribution in [-0.2, 0) is 91.4 Å². The second-order valence-electron chi connectivity index (χ2n) is 12.1. The van der Waals surface area contributed by atoms with Crippen LogP contribution in [0.25, 0.3) is 0 Å². The van der Waals surface area contributed by atoms with Gasteiger partial charge in [-0.2, -0.15) is 0 Å². The van der Waals surface area contributed by atoms with Gasteiger partial charge in [0, 0.05) is 101 Å². The number of rotatable bonds is 20. The number of ether oxygens (including phenoxy) is 4. The van der Waals surface area contributed by atoms with Gasteiger partial charge in [0.15, 0.2) is 0 Å². The van der Waals surface area contributed by atoms with Gasteiger partial charge in [0.2, 0.25) is 0 Å². The minimum absolute atomic E-state index is 0. The largest absolute Gasteiger partial charge is 3.00 e. The van der Waals surface area contributed by atoms with Crippen LogP contribution in [0.3, 0.4) is 0 Å². The molecule has 0 aliphatic heterocycles. The first-order valence-corrected chi connectivity index (χ1v) is 18.7. The van der Waals surface area contributed by atoms with Crippen molar-refractivity contribution in [2.45, 2.75) is 25.7 Å². The van der Waals surface area contributed by atoms with Gasteiger partial charge in [-0.3, -0.25) is 20.0 Å². The van der Waals surface area contributed by atoms with Gasteiger partial charge >= 0.3 is 50.3 Å². The van der Waals surface area contributed by atoms with E-state index in [4.69, 9.17) is 18.9 Å². The third-order valence-corrected chi connectivity index (χ3v) is 7.62. The maximum atomic E-state index is 11.6. The van der Waals surface area contributed by atoms with E-state index in [1.165, 1.54) is 53.3 Å². The van der Waals surface area contributed by atoms with Gasteiger partial charge in [-0.25, -0.2) is 0 Å². The Bertz CT molecular complexity index is 1940. The average molecular weight is 1170 g/mol. The SMILES string of the molecule is COc1cccc(C=NCCC(=O)[O-])c1[O-].COc1cccc(C=NCCC(=O)[O-])c1[O-].COc1cccc(C=NCCC(=O)[O-])c1[O-].COc1cccc(C=NCCC(=O)[O-])c1[O-].O.O.[Co+2].[Co+3].[Co+3].[OH3+].[OH3+].[OH3+].[OH3+]. The molecule has 16 N–H and O–H groups in total. The summed E-state index contributed by atoms with van der Waals surface area (Å²) in [5.74, 6) is -4.74. The van der Waals surface area contributed by atoms with E-state index in [1.807, 2.05) is 0 Å². The molecule has 0 saturated heterocycles. The number of para-hydroxylation sites is 4. The molecule has 0 aromatic heterocycles. The first kappa shape index (κ1) is 85.9. The fourth-order valence-corrected chi connectivity index (χ4v) is 4.46. The third-order valence-electron chi connectivity index (χ3n) is 7.62. The molecule has 73 heavy (non-hydrogen) atoms. The van der Waals surface area contributed by atoms with Crippen molar-refractivity contribution < 1.29 is 162 Å². The molecular weight excluding hydrogens is 1110 g/mol. The molecule has 0 amide bonds. The van der Waals surface area contributed by atoms with E-state index >= 15 is 0 Å². The molecule has 29 heteroatoms. The first-order valence-electron chi connectivity index (χ1n) is 18.7. The number of carbonyl (C=O) groups excluding carboxylic acids is 4. The molecule has 4 aromatic carbocycles. The summed E-state index contributed by atoms with van der Waals surface area (Å²) in [6, 6.07) is 19.3. The predicted molar refractivity (Wildman–Crippen MR) is 245 cm³/mol. The molecule has 0 unspecified atom stereocenters. The Morgan fingerprint density at radius 2 is 0.562 bits per heavy atom. The Morgan fingerprint density at radius 3 is 0.699 bits per heavy atom. The molecule has 26 nitrogen and oxygen atoms in total. The number of nitrogens with zero attached hydrogens (tertiary/aromatic N) is 4. The summed E-state index contributed by atoms with van der Waals surface area (Å²) in [5.41, 5.74) is 1.49. The minimum Gasteiger partial charge on any atom is -0.870 e. The molecule has 0 fully saturated rings. The van der Waals surface area contributed by atoms with Crippen molar-refractivity contribution in [3.8, 4) is 46.0 Å². The van der Waals surface area contributed by atoms with E-state index in [-0.39, 0.29) is 181 Å². The first-order chi connectivity index (χ1) is 30.6. The molecule has 0 saturated carbocycles. The monoisotopic (exact) mass is 1170 g/mol. The van der Waals surface area contributed by atoms with E-state index in [9.17, 15) is 60.0 Å². The number of methoxy groups -OCH3 is 4. The van der Waals surface area contributed by atoms with Crippen LogP contribution in [0.15, 0.2) is 92.8 Å². The molecule has 0 aliphatic rings. The van der Waals surface area contributed by atoms with Gasteiger partial charge in [0.1, 0.15) is 23.0 Å². The smallest absolute Gasteiger partial charge is 0.870 e. The molecule has 0 spiro atoms. The topological polar surface area (TPSA) is 534 Å². The van der Waals surface area contributed by atoms with Gasteiger partial charge in [0.05, 0.1) is 28.4 Å². The van der Waals surface area contributed by atoms with Crippen molar-refractivity contribution in [3.05, 3.63) is 95.1 Å². The number of carboxylic acid groups (broad SMARTS) is 4. The number of carboxylic acids is 4. The summed E-state index contributed by atoms with van der Waals surface area (Å²) in [5, 5.41) is 86.8. The molecule has 1 radical (unpaired) electrons. The Labute approximate surface area is 450 Å². The quantitative estimate of drug-likeness (QED) is 0.0586. The normalized spacial score (nSPS) is 9.26. The van der Waals surface area contributed by atoms with Crippen LogP contribution < -0.4 is 59.8 Å². The molecule has 4 rings (SSSR count). The second kappa shape index (κ2) is 50.1. The van der Waals surface area contributed by atoms with Crippen molar-refractivity contribution in [2.75, 3.05) is 54.6 Å². The maximum Gasteiger partial charge on any atom is 3.00 e. The third kappa shape index (κ3) is 35.8. The summed E-state index contributed by atoms with van der Waals surface area (Å²) >= 11 is 0. The fourth-order valence-electron chi connectivity index (χ4n) is 4.46. The summed E-state index contributed by atoms with van der Waals surface area (Å²) in [6.07, 6.45) is 4.73. The zero-order chi connectivity index (χ0) is 47.9. The number of carbonyl (C=O) groups is 4. The van der Waals surface area contributed by atoms with Crippen LogP contribution in [0.2, 0.25) is 0 Å². The Hall–Kier alpha value is -6.88. The minimum atomic E-state index is -1.16. The van der Waals surface area contributed by atoms with Crippen LogP contribution in [0.5, 0.6) is 46.0 Å². The van der Waals surface area contributed by atoms with E-state index in [2.05, 4.69) is 20.0 Å². The van der Waals surface area contributed by atoms with E-state index < -0.39 is 23.9 Å². The summed E-state index contributed by atoms with van der Waals surface area (Å²) in [6.45, 7) is 0.385. The van der Waals surface area contributed by atoms with Gasteiger partial charge in [-0.15, -0.1) is 0 Å². The average Bonchev–Trinajstić information content (AvgIpc) is 3.26. The number of hydrogen-bond donors (Lipinski definition) is 0. The summed E-state index contributed by atoms with van der Waals surface area (Å²) < 4.78 is 19.4. The van der Waals surface area contributed by atoms with Crippen molar-refractivity contribution in [1.29, 1.82) is 0 Å². The molecule has 0 atom stereocenters. The number of aliphatic carboxylic acids is 4. The van der Waals surface area contributed by atoms with E-state index in [0.29, 0.717) is 22.3 Å². The number of hydrogen-bond acceptors (Lipinski definition) is 20. The molecule has 4 aromatic rings. The number of aliphatic imine (C=N–C) groups is 4. The zero-order valence-corrected chi connectivity index (χ0v) is 42.6. The van der Waals surface area contributed by atoms with Gasteiger partial charge in [-0.1, -0.05) is 71.5 Å². The van der Waals surface area contributed by atoms with Crippen LogP contribution >= 0.6 is 0 Å². The zero-order valence-electron chi connectivity index (χ0n) is 39.5. The Balaban J connectivity index is -0.000000103. The van der Waals surface area contributed by atoms with Crippen LogP contribution in [-0.4, -0.2) is 114 Å². The van der Waals surface area contributed by atoms with Crippen LogP contribution in [0, 0.1) is 0 Å². The predicted octanol–water partition coefficient (Wildman–Crippen LogP) is -8.03. The van der Waals surface area contributed by atoms with Crippen molar-refractivity contribution in [1.82, 2.24) is 0 Å². The summed E-state index contributed by atoms with van der Waals surface area (Å²) in [7, 11) is 5.64. The Kier molecular flexibility index (Phi) is 59.0. The van der Waals surface area contributed by atoms with E-state index in [0.717, 1.165) is 0 Å². The molecular formula is C44H60Co3N4O22+4. The number of benzene rings is 4. The molecule has 0 bridgehead atoms. The molecule has 411 valence electrons. The van der Waals surface area contributed by atoms with E-state index in [1.54, 1.807) is 72.8 Å². The van der Waals surface area contributed by atoms with Gasteiger partial charge < -0.3 is 112 Å². The van der Waals surface area contributed by atoms with Crippen LogP contribution in [0.1, 0.15) is 47.9 Å². The molecule has 0 heterocycles. The van der Waals surface area contributed by atoms with Gasteiger partial charge in [-0.05, 0) is 46.5 Å². The standard InChI is InChI=1S/4C11H13NO4.3Co.6H2O/c4*1-16-9-4-2-3-8(11(9)15)7-12-6-5-10(13)14;;;;;;;;;/h4*2-4,7,15H,5-6H2,1H3,(H,13,14);;;;6*1H2/q;;;;+2;2*+3;;;;;;/p-4. The van der Waals surface area contributed by atoms with Crippen molar-refractivity contribution >= 4 is 48.7 Å².